The van der Waals surface area contributed by atoms with Gasteiger partial charge in [0.2, 0.25) is 6.33 Å². The quantitative estimate of drug-likeness (QED) is 0.660. The average molecular weight is 326 g/mol. The number of imidazole rings is 1. The topological polar surface area (TPSA) is 78.4 Å². The van der Waals surface area contributed by atoms with Gasteiger partial charge in [-0.05, 0) is 42.0 Å². The van der Waals surface area contributed by atoms with Gasteiger partial charge in [0, 0.05) is 0 Å². The van der Waals surface area contributed by atoms with Crippen LogP contribution in [0.2, 0.25) is 0 Å². The molecule has 0 radical (unpaired) electrons. The van der Waals surface area contributed by atoms with E-state index in [9.17, 15) is 15.0 Å². The van der Waals surface area contributed by atoms with E-state index in [-0.39, 0.29) is 12.2 Å². The maximum absolute atomic E-state index is 10.7. The van der Waals surface area contributed by atoms with Crippen LogP contribution < -0.4 is 14.4 Å². The van der Waals surface area contributed by atoms with Crippen LogP contribution in [0.15, 0.2) is 54.9 Å². The van der Waals surface area contributed by atoms with E-state index in [1.54, 1.807) is 12.1 Å². The van der Waals surface area contributed by atoms with Gasteiger partial charge in [-0.1, -0.05) is 12.1 Å². The van der Waals surface area contributed by atoms with Gasteiger partial charge in [-0.2, -0.15) is 0 Å². The number of aryl methyl sites for hydroxylation is 1. The molecular weight excluding hydrogens is 308 g/mol. The molecule has 0 saturated heterocycles. The Morgan fingerprint density at radius 2 is 1.96 bits per heavy atom. The number of carbonyl (C=O) groups excluding carboxylic acids is 1. The van der Waals surface area contributed by atoms with Crippen molar-refractivity contribution in [2.45, 2.75) is 12.6 Å². The minimum absolute atomic E-state index is 0.0919. The van der Waals surface area contributed by atoms with E-state index in [1.807, 2.05) is 46.8 Å². The number of rotatable bonds is 6. The molecular formula is C18H18N2O4. The maximum Gasteiger partial charge on any atom is 0.244 e. The minimum atomic E-state index is -1.23. The number of para-hydroxylation sites is 2. The summed E-state index contributed by atoms with van der Waals surface area (Å²) in [6.07, 6.45) is 1.24. The van der Waals surface area contributed by atoms with Crippen molar-refractivity contribution in [2.75, 3.05) is 6.61 Å². The number of benzene rings is 2. The molecule has 124 valence electrons. The van der Waals surface area contributed by atoms with E-state index in [0.29, 0.717) is 12.3 Å². The van der Waals surface area contributed by atoms with Crippen molar-refractivity contribution in [3.05, 3.63) is 60.4 Å². The SMILES string of the molecule is C[n+]1cn(C[C@@H](O)COc2ccc(C(=O)[O-])cc2)c2ccccc21. The molecule has 1 heterocycles. The van der Waals surface area contributed by atoms with Gasteiger partial charge in [0.1, 0.15) is 25.0 Å². The number of aromatic nitrogens is 2. The lowest BCUT2D eigenvalue weighted by atomic mass is 10.2. The highest BCUT2D eigenvalue weighted by Gasteiger charge is 2.16. The Kier molecular flexibility index (Phi) is 4.48. The van der Waals surface area contributed by atoms with Crippen molar-refractivity contribution in [3.8, 4) is 5.75 Å². The van der Waals surface area contributed by atoms with Gasteiger partial charge in [0.25, 0.3) is 0 Å². The number of carbonyl (C=O) groups is 1. The second kappa shape index (κ2) is 6.72. The fourth-order valence-electron chi connectivity index (χ4n) is 2.64. The van der Waals surface area contributed by atoms with Crippen LogP contribution >= 0.6 is 0 Å². The summed E-state index contributed by atoms with van der Waals surface area (Å²) < 4.78 is 9.49. The molecule has 0 aliphatic heterocycles. The Morgan fingerprint density at radius 3 is 2.67 bits per heavy atom. The molecule has 0 aliphatic rings. The normalized spacial score (nSPS) is 12.2. The van der Waals surface area contributed by atoms with Gasteiger partial charge < -0.3 is 19.7 Å². The van der Waals surface area contributed by atoms with E-state index in [0.717, 1.165) is 11.0 Å². The summed E-state index contributed by atoms with van der Waals surface area (Å²) in [5.41, 5.74) is 2.22. The zero-order valence-corrected chi connectivity index (χ0v) is 13.3. The first-order valence-electron chi connectivity index (χ1n) is 7.60. The van der Waals surface area contributed by atoms with E-state index in [1.165, 1.54) is 12.1 Å². The molecule has 0 aliphatic carbocycles. The summed E-state index contributed by atoms with van der Waals surface area (Å²) in [6.45, 7) is 0.513. The van der Waals surface area contributed by atoms with Gasteiger partial charge in [-0.15, -0.1) is 0 Å². The third-order valence-corrected chi connectivity index (χ3v) is 3.82. The van der Waals surface area contributed by atoms with Crippen LogP contribution in [0.25, 0.3) is 11.0 Å². The Bertz CT molecular complexity index is 855. The highest BCUT2D eigenvalue weighted by molar-refractivity contribution is 5.85. The van der Waals surface area contributed by atoms with Crippen molar-refractivity contribution in [1.29, 1.82) is 0 Å². The van der Waals surface area contributed by atoms with Crippen LogP contribution in [-0.2, 0) is 13.6 Å². The van der Waals surface area contributed by atoms with Crippen LogP contribution in [0.5, 0.6) is 5.75 Å². The second-order valence-electron chi connectivity index (χ2n) is 5.64. The molecule has 0 spiro atoms. The molecule has 0 unspecified atom stereocenters. The molecule has 0 amide bonds. The Morgan fingerprint density at radius 1 is 1.25 bits per heavy atom. The first-order valence-corrected chi connectivity index (χ1v) is 7.60. The van der Waals surface area contributed by atoms with Crippen LogP contribution in [0.4, 0.5) is 0 Å². The van der Waals surface area contributed by atoms with Gasteiger partial charge in [0.05, 0.1) is 13.0 Å². The van der Waals surface area contributed by atoms with Gasteiger partial charge in [-0.3, -0.25) is 0 Å². The van der Waals surface area contributed by atoms with E-state index >= 15 is 0 Å². The summed E-state index contributed by atoms with van der Waals surface area (Å²) in [4.78, 5) is 10.7. The number of fused-ring (bicyclic) bond motifs is 1. The Hall–Kier alpha value is -2.86. The van der Waals surface area contributed by atoms with Gasteiger partial charge in [-0.25, -0.2) is 9.13 Å². The predicted molar refractivity (Wildman–Crippen MR) is 85.4 cm³/mol. The molecule has 3 rings (SSSR count). The molecule has 1 atom stereocenters. The third-order valence-electron chi connectivity index (χ3n) is 3.82. The number of aliphatic hydroxyl groups excluding tert-OH is 1. The predicted octanol–water partition coefficient (Wildman–Crippen LogP) is 0.269. The third kappa shape index (κ3) is 3.38. The molecule has 3 aromatic rings. The van der Waals surface area contributed by atoms with E-state index in [2.05, 4.69) is 0 Å². The number of aromatic carboxylic acids is 1. The van der Waals surface area contributed by atoms with Gasteiger partial charge >= 0.3 is 0 Å². The number of ether oxygens (including phenoxy) is 1. The molecule has 0 bridgehead atoms. The zero-order valence-electron chi connectivity index (χ0n) is 13.3. The number of hydrogen-bond donors (Lipinski definition) is 1. The van der Waals surface area contributed by atoms with Crippen LogP contribution in [0.1, 0.15) is 10.4 Å². The molecule has 6 nitrogen and oxygen atoms in total. The molecule has 1 N–H and O–H groups in total. The highest BCUT2D eigenvalue weighted by Crippen LogP contribution is 2.14. The molecule has 2 aromatic carbocycles. The van der Waals surface area contributed by atoms with E-state index in [4.69, 9.17) is 4.74 Å². The standard InChI is InChI=1S/C18H18N2O4/c1-19-12-20(17-5-3-2-4-16(17)19)10-14(21)11-24-15-8-6-13(7-9-15)18(22)23/h2-9,12,14,21H,10-11H2,1H3/t14-/m1/s1. The summed E-state index contributed by atoms with van der Waals surface area (Å²) in [5.74, 6) is -0.726. The first kappa shape index (κ1) is 16.0. The lowest BCUT2D eigenvalue weighted by molar-refractivity contribution is -0.645. The maximum atomic E-state index is 10.7. The zero-order chi connectivity index (χ0) is 17.1. The summed E-state index contributed by atoms with van der Waals surface area (Å²) in [5, 5.41) is 20.9. The number of aliphatic hydroxyl groups is 1. The van der Waals surface area contributed by atoms with Crippen LogP contribution in [-0.4, -0.2) is 28.4 Å². The minimum Gasteiger partial charge on any atom is -0.545 e. The van der Waals surface area contributed by atoms with Crippen LogP contribution in [0.3, 0.4) is 0 Å². The van der Waals surface area contributed by atoms with Crippen molar-refractivity contribution in [1.82, 2.24) is 4.57 Å². The average Bonchev–Trinajstić information content (AvgIpc) is 2.90. The summed E-state index contributed by atoms with van der Waals surface area (Å²) in [7, 11) is 1.96. The fourth-order valence-corrected chi connectivity index (χ4v) is 2.64. The number of nitrogens with zero attached hydrogens (tertiary/aromatic N) is 2. The highest BCUT2D eigenvalue weighted by atomic mass is 16.5. The summed E-state index contributed by atoms with van der Waals surface area (Å²) >= 11 is 0. The largest absolute Gasteiger partial charge is 0.545 e. The van der Waals surface area contributed by atoms with Crippen LogP contribution in [0, 0.1) is 0 Å². The second-order valence-corrected chi connectivity index (χ2v) is 5.64. The Balaban J connectivity index is 1.63. The Labute approximate surface area is 139 Å². The fraction of sp³-hybridized carbons (Fsp3) is 0.222. The lowest BCUT2D eigenvalue weighted by Gasteiger charge is -2.11. The monoisotopic (exact) mass is 326 g/mol. The number of hydrogen-bond acceptors (Lipinski definition) is 4. The first-order chi connectivity index (χ1) is 11.5. The van der Waals surface area contributed by atoms with Crippen molar-refractivity contribution in [2.24, 2.45) is 7.05 Å². The van der Waals surface area contributed by atoms with Crippen molar-refractivity contribution in [3.63, 3.8) is 0 Å². The van der Waals surface area contributed by atoms with Gasteiger partial charge in [0.15, 0.2) is 11.0 Å². The number of carboxylic acid groups (broad SMARTS) is 1. The molecule has 24 heavy (non-hydrogen) atoms. The number of carboxylic acids is 1. The molecule has 1 aromatic heterocycles. The summed E-state index contributed by atoms with van der Waals surface area (Å²) in [6, 6.07) is 13.9. The van der Waals surface area contributed by atoms with E-state index < -0.39 is 12.1 Å². The molecule has 0 fully saturated rings. The molecule has 0 saturated carbocycles. The van der Waals surface area contributed by atoms with Crippen molar-refractivity contribution < 1.29 is 24.3 Å². The smallest absolute Gasteiger partial charge is 0.244 e. The van der Waals surface area contributed by atoms with Crippen molar-refractivity contribution >= 4 is 17.0 Å². The molecule has 6 heteroatoms. The lowest BCUT2D eigenvalue weighted by Crippen LogP contribution is -2.27.